The lowest BCUT2D eigenvalue weighted by molar-refractivity contribution is -0.120. The number of nitrogens with zero attached hydrogens (tertiary/aromatic N) is 2. The summed E-state index contributed by atoms with van der Waals surface area (Å²) in [5.74, 6) is 0.0316. The molecule has 1 amide bonds. The van der Waals surface area contributed by atoms with Gasteiger partial charge in [-0.25, -0.2) is 4.98 Å². The number of rotatable bonds is 8. The van der Waals surface area contributed by atoms with Crippen molar-refractivity contribution in [3.63, 3.8) is 0 Å². The summed E-state index contributed by atoms with van der Waals surface area (Å²) >= 11 is 1.46. The average molecular weight is 307 g/mol. The number of hydrogen-bond acceptors (Lipinski definition) is 4. The van der Waals surface area contributed by atoms with Gasteiger partial charge in [0.15, 0.2) is 5.16 Å². The monoisotopic (exact) mass is 307 g/mol. The van der Waals surface area contributed by atoms with Gasteiger partial charge in [-0.15, -0.1) is 0 Å². The topological polar surface area (TPSA) is 55.6 Å². The third-order valence-electron chi connectivity index (χ3n) is 3.02. The van der Waals surface area contributed by atoms with Crippen molar-refractivity contribution in [2.45, 2.75) is 30.7 Å². The molecule has 2 rings (SSSR count). The van der Waals surface area contributed by atoms with Gasteiger partial charge in [0.25, 0.3) is 0 Å². The summed E-state index contributed by atoms with van der Waals surface area (Å²) < 4.78 is 7.23. The molecule has 2 heterocycles. The fourth-order valence-electron chi connectivity index (χ4n) is 1.89. The van der Waals surface area contributed by atoms with Crippen molar-refractivity contribution in [1.82, 2.24) is 14.7 Å². The molecule has 1 N–H and O–H groups in total. The molecule has 1 atom stereocenters. The summed E-state index contributed by atoms with van der Waals surface area (Å²) in [4.78, 5) is 16.4. The summed E-state index contributed by atoms with van der Waals surface area (Å²) in [5, 5.41) is 3.58. The zero-order valence-electron chi connectivity index (χ0n) is 12.4. The molecule has 0 radical (unpaired) electrons. The average Bonchev–Trinajstić information content (AvgIpc) is 2.90. The first-order valence-electron chi connectivity index (χ1n) is 7.16. The van der Waals surface area contributed by atoms with Crippen molar-refractivity contribution in [2.24, 2.45) is 0 Å². The van der Waals surface area contributed by atoms with Crippen molar-refractivity contribution in [3.05, 3.63) is 30.6 Å². The molecule has 0 aliphatic rings. The van der Waals surface area contributed by atoms with Crippen LogP contribution in [0.2, 0.25) is 0 Å². The third kappa shape index (κ3) is 4.47. The number of carbonyl (C=O) groups is 1. The predicted octanol–water partition coefficient (Wildman–Crippen LogP) is 2.36. The highest BCUT2D eigenvalue weighted by molar-refractivity contribution is 8.00. The van der Waals surface area contributed by atoms with Crippen LogP contribution in [0.4, 0.5) is 0 Å². The lowest BCUT2D eigenvalue weighted by Crippen LogP contribution is -2.32. The summed E-state index contributed by atoms with van der Waals surface area (Å²) in [5.41, 5.74) is 1.03. The molecule has 6 heteroatoms. The largest absolute Gasteiger partial charge is 0.382 e. The number of hydrogen-bond donors (Lipinski definition) is 1. The molecule has 114 valence electrons. The number of ether oxygens (including phenoxy) is 1. The van der Waals surface area contributed by atoms with E-state index >= 15 is 0 Å². The Bertz CT molecular complexity index is 585. The highest BCUT2D eigenvalue weighted by Crippen LogP contribution is 2.23. The molecule has 0 aliphatic carbocycles. The van der Waals surface area contributed by atoms with Gasteiger partial charge < -0.3 is 10.1 Å². The smallest absolute Gasteiger partial charge is 0.233 e. The van der Waals surface area contributed by atoms with Crippen LogP contribution < -0.4 is 5.32 Å². The molecule has 0 aliphatic heterocycles. The number of amides is 1. The van der Waals surface area contributed by atoms with E-state index in [1.165, 1.54) is 11.8 Å². The van der Waals surface area contributed by atoms with E-state index in [0.29, 0.717) is 19.8 Å². The van der Waals surface area contributed by atoms with Gasteiger partial charge in [0.2, 0.25) is 5.91 Å². The van der Waals surface area contributed by atoms with Crippen LogP contribution in [0.25, 0.3) is 5.52 Å². The van der Waals surface area contributed by atoms with Crippen LogP contribution in [0.5, 0.6) is 0 Å². The maximum Gasteiger partial charge on any atom is 0.233 e. The Morgan fingerprint density at radius 3 is 3.19 bits per heavy atom. The molecular formula is C15H21N3O2S. The molecule has 0 fully saturated rings. The second kappa shape index (κ2) is 8.05. The Morgan fingerprint density at radius 1 is 1.52 bits per heavy atom. The van der Waals surface area contributed by atoms with Gasteiger partial charge >= 0.3 is 0 Å². The lowest BCUT2D eigenvalue weighted by Gasteiger charge is -2.11. The molecule has 5 nitrogen and oxygen atoms in total. The van der Waals surface area contributed by atoms with E-state index in [2.05, 4.69) is 10.3 Å². The fourth-order valence-corrected chi connectivity index (χ4v) is 2.79. The predicted molar refractivity (Wildman–Crippen MR) is 84.6 cm³/mol. The number of fused-ring (bicyclic) bond motifs is 1. The Morgan fingerprint density at radius 2 is 2.38 bits per heavy atom. The van der Waals surface area contributed by atoms with Crippen LogP contribution in [0, 0.1) is 0 Å². The lowest BCUT2D eigenvalue weighted by atomic mass is 10.4. The second-order valence-electron chi connectivity index (χ2n) is 4.64. The number of aromatic nitrogens is 2. The standard InChI is InChI=1S/C15H21N3O2S/c1-3-20-10-6-8-16-14(19)12(2)21-15-17-11-13-7-4-5-9-18(13)15/h4-5,7,9,11-12H,3,6,8,10H2,1-2H3,(H,16,19). The minimum Gasteiger partial charge on any atom is -0.382 e. The molecular weight excluding hydrogens is 286 g/mol. The van der Waals surface area contributed by atoms with Crippen molar-refractivity contribution >= 4 is 23.2 Å². The van der Waals surface area contributed by atoms with Gasteiger partial charge in [0.05, 0.1) is 17.0 Å². The zero-order valence-corrected chi connectivity index (χ0v) is 13.2. The quantitative estimate of drug-likeness (QED) is 0.601. The van der Waals surface area contributed by atoms with Crippen molar-refractivity contribution < 1.29 is 9.53 Å². The van der Waals surface area contributed by atoms with Crippen LogP contribution >= 0.6 is 11.8 Å². The Hall–Kier alpha value is -1.53. The van der Waals surface area contributed by atoms with Gasteiger partial charge in [-0.05, 0) is 32.4 Å². The summed E-state index contributed by atoms with van der Waals surface area (Å²) in [6.45, 7) is 5.90. The van der Waals surface area contributed by atoms with E-state index in [1.54, 1.807) is 0 Å². The summed E-state index contributed by atoms with van der Waals surface area (Å²) in [6, 6.07) is 5.92. The highest BCUT2D eigenvalue weighted by atomic mass is 32.2. The molecule has 1 unspecified atom stereocenters. The van der Waals surface area contributed by atoms with Gasteiger partial charge in [0, 0.05) is 26.0 Å². The van der Waals surface area contributed by atoms with E-state index in [0.717, 1.165) is 17.1 Å². The third-order valence-corrected chi connectivity index (χ3v) is 4.11. The number of pyridine rings is 1. The highest BCUT2D eigenvalue weighted by Gasteiger charge is 2.16. The maximum atomic E-state index is 12.0. The van der Waals surface area contributed by atoms with Crippen molar-refractivity contribution in [1.29, 1.82) is 0 Å². The van der Waals surface area contributed by atoms with E-state index in [-0.39, 0.29) is 11.2 Å². The number of nitrogens with one attached hydrogen (secondary N) is 1. The molecule has 0 spiro atoms. The molecule has 0 saturated heterocycles. The van der Waals surface area contributed by atoms with Gasteiger partial charge in [-0.1, -0.05) is 17.8 Å². The number of imidazole rings is 1. The molecule has 2 aromatic rings. The molecule has 0 bridgehead atoms. The number of thioether (sulfide) groups is 1. The number of carbonyl (C=O) groups excluding carboxylic acids is 1. The molecule has 21 heavy (non-hydrogen) atoms. The van der Waals surface area contributed by atoms with Crippen LogP contribution in [-0.2, 0) is 9.53 Å². The minimum atomic E-state index is -0.178. The normalized spacial score (nSPS) is 12.5. The molecule has 0 saturated carbocycles. The fraction of sp³-hybridized carbons (Fsp3) is 0.467. The van der Waals surface area contributed by atoms with Gasteiger partial charge in [0.1, 0.15) is 0 Å². The van der Waals surface area contributed by atoms with Crippen LogP contribution in [0.15, 0.2) is 35.7 Å². The second-order valence-corrected chi connectivity index (χ2v) is 5.95. The molecule has 0 aromatic carbocycles. The maximum absolute atomic E-state index is 12.0. The first-order chi connectivity index (χ1) is 10.2. The Balaban J connectivity index is 1.83. The SMILES string of the molecule is CCOCCCNC(=O)C(C)Sc1ncc2ccccn12. The first-order valence-corrected chi connectivity index (χ1v) is 8.04. The van der Waals surface area contributed by atoms with Crippen LogP contribution in [0.1, 0.15) is 20.3 Å². The Kier molecular flexibility index (Phi) is 6.07. The van der Waals surface area contributed by atoms with E-state index < -0.39 is 0 Å². The summed E-state index contributed by atoms with van der Waals surface area (Å²) in [7, 11) is 0. The van der Waals surface area contributed by atoms with Crippen molar-refractivity contribution in [2.75, 3.05) is 19.8 Å². The minimum absolute atomic E-state index is 0.0316. The van der Waals surface area contributed by atoms with E-state index in [4.69, 9.17) is 4.74 Å². The van der Waals surface area contributed by atoms with Crippen molar-refractivity contribution in [3.8, 4) is 0 Å². The van der Waals surface area contributed by atoms with Gasteiger partial charge in [-0.3, -0.25) is 9.20 Å². The van der Waals surface area contributed by atoms with Crippen LogP contribution in [-0.4, -0.2) is 40.3 Å². The van der Waals surface area contributed by atoms with Gasteiger partial charge in [-0.2, -0.15) is 0 Å². The first kappa shape index (κ1) is 15.9. The zero-order chi connectivity index (χ0) is 15.1. The molecule has 2 aromatic heterocycles. The summed E-state index contributed by atoms with van der Waals surface area (Å²) in [6.07, 6.45) is 4.61. The Labute approximate surface area is 129 Å². The van der Waals surface area contributed by atoms with Crippen LogP contribution in [0.3, 0.4) is 0 Å². The van der Waals surface area contributed by atoms with E-state index in [9.17, 15) is 4.79 Å². The van der Waals surface area contributed by atoms with E-state index in [1.807, 2.05) is 48.8 Å².